The molecule has 2 amide bonds. The minimum absolute atomic E-state index is 0.139. The summed E-state index contributed by atoms with van der Waals surface area (Å²) in [5.74, 6) is -0.278. The number of amides is 2. The molecule has 0 saturated carbocycles. The third-order valence-corrected chi connectivity index (χ3v) is 4.01. The Morgan fingerprint density at radius 1 is 1.06 bits per heavy atom. The molecule has 0 atom stereocenters. The van der Waals surface area contributed by atoms with Gasteiger partial charge in [0.2, 0.25) is 0 Å². The molecule has 94 valence electrons. The van der Waals surface area contributed by atoms with E-state index in [1.165, 1.54) is 4.90 Å². The van der Waals surface area contributed by atoms with Gasteiger partial charge in [0.25, 0.3) is 11.8 Å². The molecule has 18 heavy (non-hydrogen) atoms. The standard InChI is InChI=1S/C14H16N2O2/c1-14(6-8-15-9-7-14)16-12(17)10-4-2-3-5-11(10)13(16)18/h2-5,15H,6-9H2,1H3. The first-order valence-electron chi connectivity index (χ1n) is 6.32. The molecule has 1 N–H and O–H groups in total. The van der Waals surface area contributed by atoms with E-state index in [1.54, 1.807) is 24.3 Å². The van der Waals surface area contributed by atoms with Gasteiger partial charge in [0.1, 0.15) is 0 Å². The molecule has 2 heterocycles. The first-order chi connectivity index (χ1) is 8.63. The van der Waals surface area contributed by atoms with Crippen LogP contribution in [0.1, 0.15) is 40.5 Å². The largest absolute Gasteiger partial charge is 0.317 e. The van der Waals surface area contributed by atoms with E-state index in [1.807, 2.05) is 6.92 Å². The SMILES string of the molecule is CC1(N2C(=O)c3ccccc3C2=O)CCNCC1. The van der Waals surface area contributed by atoms with E-state index >= 15 is 0 Å². The van der Waals surface area contributed by atoms with Crippen LogP contribution in [0.5, 0.6) is 0 Å². The molecular weight excluding hydrogens is 228 g/mol. The molecular formula is C14H16N2O2. The summed E-state index contributed by atoms with van der Waals surface area (Å²) in [4.78, 5) is 26.3. The molecule has 0 spiro atoms. The fraction of sp³-hybridized carbons (Fsp3) is 0.429. The van der Waals surface area contributed by atoms with Gasteiger partial charge in [-0.05, 0) is 45.0 Å². The molecule has 2 aliphatic heterocycles. The van der Waals surface area contributed by atoms with E-state index in [2.05, 4.69) is 5.32 Å². The summed E-state index contributed by atoms with van der Waals surface area (Å²) >= 11 is 0. The zero-order valence-corrected chi connectivity index (χ0v) is 10.4. The Kier molecular flexibility index (Phi) is 2.48. The van der Waals surface area contributed by atoms with Crippen LogP contribution >= 0.6 is 0 Å². The van der Waals surface area contributed by atoms with Crippen LogP contribution in [0.4, 0.5) is 0 Å². The number of piperidine rings is 1. The zero-order chi connectivity index (χ0) is 12.8. The van der Waals surface area contributed by atoms with Gasteiger partial charge in [0.05, 0.1) is 16.7 Å². The number of rotatable bonds is 1. The number of hydrogen-bond acceptors (Lipinski definition) is 3. The van der Waals surface area contributed by atoms with Crippen molar-refractivity contribution in [2.24, 2.45) is 0 Å². The minimum Gasteiger partial charge on any atom is -0.317 e. The quantitative estimate of drug-likeness (QED) is 0.760. The lowest BCUT2D eigenvalue weighted by Crippen LogP contribution is -2.54. The Hall–Kier alpha value is -1.68. The average molecular weight is 244 g/mol. The van der Waals surface area contributed by atoms with Gasteiger partial charge in [-0.15, -0.1) is 0 Å². The third kappa shape index (κ3) is 1.49. The third-order valence-electron chi connectivity index (χ3n) is 4.01. The van der Waals surface area contributed by atoms with Crippen LogP contribution in [0.3, 0.4) is 0 Å². The van der Waals surface area contributed by atoms with E-state index < -0.39 is 0 Å². The minimum atomic E-state index is -0.349. The summed E-state index contributed by atoms with van der Waals surface area (Å²) in [6.45, 7) is 3.71. The van der Waals surface area contributed by atoms with Crippen molar-refractivity contribution in [1.82, 2.24) is 10.2 Å². The zero-order valence-electron chi connectivity index (χ0n) is 10.4. The Morgan fingerprint density at radius 2 is 1.56 bits per heavy atom. The number of nitrogens with zero attached hydrogens (tertiary/aromatic N) is 1. The summed E-state index contributed by atoms with van der Waals surface area (Å²) in [6.07, 6.45) is 1.64. The molecule has 1 saturated heterocycles. The smallest absolute Gasteiger partial charge is 0.262 e. The van der Waals surface area contributed by atoms with Crippen LogP contribution < -0.4 is 5.32 Å². The second-order valence-corrected chi connectivity index (χ2v) is 5.24. The highest BCUT2D eigenvalue weighted by atomic mass is 16.2. The van der Waals surface area contributed by atoms with Crippen LogP contribution in [-0.4, -0.2) is 35.3 Å². The van der Waals surface area contributed by atoms with Gasteiger partial charge >= 0.3 is 0 Å². The van der Waals surface area contributed by atoms with Crippen LogP contribution in [0.2, 0.25) is 0 Å². The van der Waals surface area contributed by atoms with Crippen LogP contribution in [0.25, 0.3) is 0 Å². The Balaban J connectivity index is 2.01. The molecule has 3 rings (SSSR count). The Bertz CT molecular complexity index is 483. The monoisotopic (exact) mass is 244 g/mol. The topological polar surface area (TPSA) is 49.4 Å². The van der Waals surface area contributed by atoms with Crippen molar-refractivity contribution in [3.63, 3.8) is 0 Å². The molecule has 4 nitrogen and oxygen atoms in total. The summed E-state index contributed by atoms with van der Waals surface area (Å²) < 4.78 is 0. The predicted molar refractivity (Wildman–Crippen MR) is 67.5 cm³/mol. The maximum Gasteiger partial charge on any atom is 0.262 e. The second kappa shape index (κ2) is 3.92. The molecule has 4 heteroatoms. The van der Waals surface area contributed by atoms with Gasteiger partial charge in [-0.1, -0.05) is 12.1 Å². The van der Waals surface area contributed by atoms with E-state index in [-0.39, 0.29) is 17.4 Å². The number of fused-ring (bicyclic) bond motifs is 1. The molecule has 1 aromatic carbocycles. The number of hydrogen-bond donors (Lipinski definition) is 1. The number of carbonyl (C=O) groups is 2. The van der Waals surface area contributed by atoms with Crippen molar-refractivity contribution < 1.29 is 9.59 Å². The molecule has 0 aromatic heterocycles. The normalized spacial score (nSPS) is 22.2. The van der Waals surface area contributed by atoms with Crippen molar-refractivity contribution in [3.05, 3.63) is 35.4 Å². The van der Waals surface area contributed by atoms with Gasteiger partial charge in [-0.2, -0.15) is 0 Å². The Labute approximate surface area is 106 Å². The van der Waals surface area contributed by atoms with Gasteiger partial charge in [-0.25, -0.2) is 0 Å². The molecule has 0 unspecified atom stereocenters. The number of carbonyl (C=O) groups excluding carboxylic acids is 2. The summed E-state index contributed by atoms with van der Waals surface area (Å²) in [5.41, 5.74) is 0.739. The van der Waals surface area contributed by atoms with E-state index in [0.29, 0.717) is 11.1 Å². The van der Waals surface area contributed by atoms with Crippen molar-refractivity contribution in [3.8, 4) is 0 Å². The van der Waals surface area contributed by atoms with Gasteiger partial charge in [0.15, 0.2) is 0 Å². The fourth-order valence-corrected chi connectivity index (χ4v) is 2.87. The van der Waals surface area contributed by atoms with Crippen LogP contribution in [-0.2, 0) is 0 Å². The number of benzene rings is 1. The van der Waals surface area contributed by atoms with Crippen LogP contribution in [0.15, 0.2) is 24.3 Å². The molecule has 0 radical (unpaired) electrons. The molecule has 0 bridgehead atoms. The maximum absolute atomic E-state index is 12.4. The van der Waals surface area contributed by atoms with Gasteiger partial charge < -0.3 is 5.32 Å². The highest BCUT2D eigenvalue weighted by molar-refractivity contribution is 6.21. The van der Waals surface area contributed by atoms with Gasteiger partial charge in [0, 0.05) is 0 Å². The summed E-state index contributed by atoms with van der Waals surface area (Å²) in [6, 6.07) is 7.08. The highest BCUT2D eigenvalue weighted by Crippen LogP contribution is 2.34. The Morgan fingerprint density at radius 3 is 2.06 bits per heavy atom. The van der Waals surface area contributed by atoms with Crippen molar-refractivity contribution in [1.29, 1.82) is 0 Å². The summed E-state index contributed by atoms with van der Waals surface area (Å²) in [7, 11) is 0. The lowest BCUT2D eigenvalue weighted by molar-refractivity contribution is 0.0389. The lowest BCUT2D eigenvalue weighted by Gasteiger charge is -2.40. The fourth-order valence-electron chi connectivity index (χ4n) is 2.87. The first kappa shape index (κ1) is 11.4. The number of nitrogens with one attached hydrogen (secondary N) is 1. The van der Waals surface area contributed by atoms with Crippen LogP contribution in [0, 0.1) is 0 Å². The molecule has 0 aliphatic carbocycles. The van der Waals surface area contributed by atoms with Crippen molar-refractivity contribution in [2.75, 3.05) is 13.1 Å². The molecule has 1 aromatic rings. The van der Waals surface area contributed by atoms with E-state index in [0.717, 1.165) is 25.9 Å². The maximum atomic E-state index is 12.4. The van der Waals surface area contributed by atoms with Crippen molar-refractivity contribution in [2.45, 2.75) is 25.3 Å². The number of imide groups is 1. The average Bonchev–Trinajstić information content (AvgIpc) is 2.64. The molecule has 1 fully saturated rings. The van der Waals surface area contributed by atoms with E-state index in [9.17, 15) is 9.59 Å². The van der Waals surface area contributed by atoms with Gasteiger partial charge in [-0.3, -0.25) is 14.5 Å². The second-order valence-electron chi connectivity index (χ2n) is 5.24. The lowest BCUT2D eigenvalue weighted by atomic mass is 9.88. The van der Waals surface area contributed by atoms with E-state index in [4.69, 9.17) is 0 Å². The van der Waals surface area contributed by atoms with Crippen molar-refractivity contribution >= 4 is 11.8 Å². The first-order valence-corrected chi connectivity index (χ1v) is 6.32. The summed E-state index contributed by atoms with van der Waals surface area (Å²) in [5, 5.41) is 3.26. The molecule has 2 aliphatic rings. The highest BCUT2D eigenvalue weighted by Gasteiger charge is 2.46. The predicted octanol–water partition coefficient (Wildman–Crippen LogP) is 1.42.